The molecule has 6 heteroatoms. The van der Waals surface area contributed by atoms with Gasteiger partial charge in [0.25, 0.3) is 0 Å². The Bertz CT molecular complexity index is 230. The summed E-state index contributed by atoms with van der Waals surface area (Å²) < 4.78 is 0. The first-order valence-electron chi connectivity index (χ1n) is 4.85. The van der Waals surface area contributed by atoms with Crippen LogP contribution in [0.15, 0.2) is 0 Å². The van der Waals surface area contributed by atoms with Gasteiger partial charge in [-0.25, -0.2) is 9.59 Å². The van der Waals surface area contributed by atoms with E-state index in [1.165, 1.54) is 4.90 Å². The van der Waals surface area contributed by atoms with E-state index in [9.17, 15) is 9.59 Å². The molecule has 0 saturated carbocycles. The normalized spacial score (nSPS) is 12.3. The maximum absolute atomic E-state index is 11.5. The third-order valence-electron chi connectivity index (χ3n) is 1.96. The van der Waals surface area contributed by atoms with Gasteiger partial charge >= 0.3 is 12.0 Å². The van der Waals surface area contributed by atoms with Gasteiger partial charge in [-0.2, -0.15) is 0 Å². The van der Waals surface area contributed by atoms with Crippen molar-refractivity contribution >= 4 is 12.0 Å². The fourth-order valence-electron chi connectivity index (χ4n) is 1.12. The molecule has 2 amide bonds. The molecule has 1 atom stereocenters. The van der Waals surface area contributed by atoms with Crippen LogP contribution in [0.25, 0.3) is 0 Å². The summed E-state index contributed by atoms with van der Waals surface area (Å²) in [5.74, 6) is -1.34. The molecular formula is C9H18N2O4. The Morgan fingerprint density at radius 3 is 2.27 bits per heavy atom. The minimum Gasteiger partial charge on any atom is -0.479 e. The van der Waals surface area contributed by atoms with Gasteiger partial charge < -0.3 is 20.4 Å². The minimum absolute atomic E-state index is 0.0389. The zero-order valence-corrected chi connectivity index (χ0v) is 9.23. The van der Waals surface area contributed by atoms with E-state index in [1.807, 2.05) is 20.8 Å². The zero-order valence-electron chi connectivity index (χ0n) is 9.23. The summed E-state index contributed by atoms with van der Waals surface area (Å²) in [5, 5.41) is 19.7. The second-order valence-electron chi connectivity index (χ2n) is 3.42. The van der Waals surface area contributed by atoms with E-state index in [2.05, 4.69) is 5.32 Å². The number of amides is 2. The van der Waals surface area contributed by atoms with Gasteiger partial charge in [-0.3, -0.25) is 0 Å². The van der Waals surface area contributed by atoms with E-state index >= 15 is 0 Å². The number of carboxylic acid groups (broad SMARTS) is 1. The molecule has 88 valence electrons. The summed E-state index contributed by atoms with van der Waals surface area (Å²) in [5.41, 5.74) is 0. The Labute approximate surface area is 88.9 Å². The highest BCUT2D eigenvalue weighted by molar-refractivity contribution is 5.76. The maximum Gasteiger partial charge on any atom is 0.334 e. The van der Waals surface area contributed by atoms with Gasteiger partial charge in [0, 0.05) is 12.6 Å². The van der Waals surface area contributed by atoms with Gasteiger partial charge in [0.05, 0.1) is 6.54 Å². The summed E-state index contributed by atoms with van der Waals surface area (Å²) in [7, 11) is 0. The second-order valence-corrected chi connectivity index (χ2v) is 3.42. The van der Waals surface area contributed by atoms with Crippen LogP contribution in [-0.4, -0.2) is 52.3 Å². The van der Waals surface area contributed by atoms with Gasteiger partial charge in [-0.15, -0.1) is 0 Å². The lowest BCUT2D eigenvalue weighted by Gasteiger charge is -2.25. The molecule has 0 aliphatic rings. The SMILES string of the molecule is CCN(C(=O)NC[C@H](O)C(=O)O)C(C)C. The Morgan fingerprint density at radius 1 is 1.40 bits per heavy atom. The number of carbonyl (C=O) groups excluding carboxylic acids is 1. The van der Waals surface area contributed by atoms with Crippen LogP contribution >= 0.6 is 0 Å². The van der Waals surface area contributed by atoms with E-state index in [-0.39, 0.29) is 18.6 Å². The number of hydrogen-bond donors (Lipinski definition) is 3. The number of carboxylic acids is 1. The average Bonchev–Trinajstić information content (AvgIpc) is 2.14. The zero-order chi connectivity index (χ0) is 12.0. The summed E-state index contributed by atoms with van der Waals surface area (Å²) >= 11 is 0. The lowest BCUT2D eigenvalue weighted by molar-refractivity contribution is -0.146. The summed E-state index contributed by atoms with van der Waals surface area (Å²) in [6, 6.07) is -0.329. The topological polar surface area (TPSA) is 89.9 Å². The number of carbonyl (C=O) groups is 2. The van der Waals surface area contributed by atoms with E-state index in [1.54, 1.807) is 0 Å². The molecule has 0 aromatic heterocycles. The molecule has 0 rings (SSSR count). The maximum atomic E-state index is 11.5. The van der Waals surface area contributed by atoms with Crippen molar-refractivity contribution in [3.8, 4) is 0 Å². The molecule has 0 aliphatic carbocycles. The third-order valence-corrected chi connectivity index (χ3v) is 1.96. The Hall–Kier alpha value is -1.30. The molecule has 6 nitrogen and oxygen atoms in total. The van der Waals surface area contributed by atoms with Gasteiger partial charge in [-0.05, 0) is 20.8 Å². The Kier molecular flexibility index (Phi) is 5.69. The van der Waals surface area contributed by atoms with Crippen LogP contribution in [0.2, 0.25) is 0 Å². The number of aliphatic hydroxyl groups excluding tert-OH is 1. The van der Waals surface area contributed by atoms with Crippen LogP contribution in [0, 0.1) is 0 Å². The molecule has 0 spiro atoms. The van der Waals surface area contributed by atoms with Gasteiger partial charge in [-0.1, -0.05) is 0 Å². The molecule has 0 aromatic carbocycles. The van der Waals surface area contributed by atoms with Crippen LogP contribution in [0.1, 0.15) is 20.8 Å². The number of nitrogens with zero attached hydrogens (tertiary/aromatic N) is 1. The lowest BCUT2D eigenvalue weighted by atomic mass is 10.3. The van der Waals surface area contributed by atoms with Gasteiger partial charge in [0.1, 0.15) is 0 Å². The first-order chi connectivity index (χ1) is 6.90. The molecule has 0 aromatic rings. The lowest BCUT2D eigenvalue weighted by Crippen LogP contribution is -2.47. The molecule has 0 aliphatic heterocycles. The van der Waals surface area contributed by atoms with Crippen LogP contribution in [0.5, 0.6) is 0 Å². The van der Waals surface area contributed by atoms with Crippen molar-refractivity contribution in [2.24, 2.45) is 0 Å². The van der Waals surface area contributed by atoms with Crippen molar-refractivity contribution in [1.82, 2.24) is 10.2 Å². The molecule has 0 heterocycles. The highest BCUT2D eigenvalue weighted by Crippen LogP contribution is 1.97. The summed E-state index contributed by atoms with van der Waals surface area (Å²) in [6.45, 7) is 5.80. The first kappa shape index (κ1) is 13.7. The first-order valence-corrected chi connectivity index (χ1v) is 4.85. The highest BCUT2D eigenvalue weighted by Gasteiger charge is 2.18. The van der Waals surface area contributed by atoms with Crippen LogP contribution in [-0.2, 0) is 4.79 Å². The van der Waals surface area contributed by atoms with Crippen molar-refractivity contribution in [2.45, 2.75) is 32.9 Å². The summed E-state index contributed by atoms with van der Waals surface area (Å²) in [6.07, 6.45) is -1.56. The quantitative estimate of drug-likeness (QED) is 0.599. The van der Waals surface area contributed by atoms with Crippen LogP contribution < -0.4 is 5.32 Å². The number of aliphatic hydroxyl groups is 1. The van der Waals surface area contributed by atoms with Gasteiger partial charge in [0.15, 0.2) is 6.10 Å². The van der Waals surface area contributed by atoms with Gasteiger partial charge in [0.2, 0.25) is 0 Å². The number of nitrogens with one attached hydrogen (secondary N) is 1. The molecular weight excluding hydrogens is 200 g/mol. The predicted octanol–water partition coefficient (Wildman–Crippen LogP) is -0.128. The smallest absolute Gasteiger partial charge is 0.334 e. The molecule has 0 fully saturated rings. The average molecular weight is 218 g/mol. The fourth-order valence-corrected chi connectivity index (χ4v) is 1.12. The standard InChI is InChI=1S/C9H18N2O4/c1-4-11(6(2)3)9(15)10-5-7(12)8(13)14/h6-7,12H,4-5H2,1-3H3,(H,10,15)(H,13,14)/t7-/m0/s1. The number of urea groups is 1. The number of aliphatic carboxylic acids is 1. The molecule has 0 unspecified atom stereocenters. The molecule has 0 bridgehead atoms. The Balaban J connectivity index is 4.07. The molecule has 0 saturated heterocycles. The monoisotopic (exact) mass is 218 g/mol. The summed E-state index contributed by atoms with van der Waals surface area (Å²) in [4.78, 5) is 23.3. The van der Waals surface area contributed by atoms with E-state index < -0.39 is 12.1 Å². The van der Waals surface area contributed by atoms with E-state index in [0.29, 0.717) is 6.54 Å². The van der Waals surface area contributed by atoms with E-state index in [4.69, 9.17) is 10.2 Å². The molecule has 15 heavy (non-hydrogen) atoms. The van der Waals surface area contributed by atoms with Crippen molar-refractivity contribution in [1.29, 1.82) is 0 Å². The highest BCUT2D eigenvalue weighted by atomic mass is 16.4. The van der Waals surface area contributed by atoms with E-state index in [0.717, 1.165) is 0 Å². The van der Waals surface area contributed by atoms with Crippen molar-refractivity contribution in [3.05, 3.63) is 0 Å². The fraction of sp³-hybridized carbons (Fsp3) is 0.778. The van der Waals surface area contributed by atoms with Crippen LogP contribution in [0.3, 0.4) is 0 Å². The largest absolute Gasteiger partial charge is 0.479 e. The second kappa shape index (κ2) is 6.23. The number of hydrogen-bond acceptors (Lipinski definition) is 3. The van der Waals surface area contributed by atoms with Crippen molar-refractivity contribution in [3.63, 3.8) is 0 Å². The molecule has 3 N–H and O–H groups in total. The third kappa shape index (κ3) is 4.64. The van der Waals surface area contributed by atoms with Crippen molar-refractivity contribution < 1.29 is 19.8 Å². The van der Waals surface area contributed by atoms with Crippen LogP contribution in [0.4, 0.5) is 4.79 Å². The number of rotatable bonds is 5. The predicted molar refractivity (Wildman–Crippen MR) is 54.6 cm³/mol. The molecule has 0 radical (unpaired) electrons. The Morgan fingerprint density at radius 2 is 1.93 bits per heavy atom. The minimum atomic E-state index is -1.56. The van der Waals surface area contributed by atoms with Crippen molar-refractivity contribution in [2.75, 3.05) is 13.1 Å².